The molecule has 0 radical (unpaired) electrons. The van der Waals surface area contributed by atoms with Gasteiger partial charge in [-0.3, -0.25) is 0 Å². The average Bonchev–Trinajstić information content (AvgIpc) is 3.14. The zero-order valence-corrected chi connectivity index (χ0v) is 15.9. The van der Waals surface area contributed by atoms with Gasteiger partial charge in [-0.25, -0.2) is 12.7 Å². The number of sulfonamides is 1. The number of piperidine rings is 1. The van der Waals surface area contributed by atoms with Crippen LogP contribution in [-0.2, 0) is 10.0 Å². The maximum Gasteiger partial charge on any atom is 0.234 e. The Hall–Kier alpha value is -1.55. The van der Waals surface area contributed by atoms with Crippen LogP contribution in [0.15, 0.2) is 24.3 Å². The van der Waals surface area contributed by atoms with E-state index in [2.05, 4.69) is 15.3 Å². The fourth-order valence-electron chi connectivity index (χ4n) is 3.07. The molecule has 1 fully saturated rings. The number of rotatable bonds is 3. The molecule has 0 saturated carbocycles. The van der Waals surface area contributed by atoms with Crippen LogP contribution in [0.2, 0.25) is 5.02 Å². The largest absolute Gasteiger partial charge is 0.234 e. The second-order valence-electron chi connectivity index (χ2n) is 6.11. The van der Waals surface area contributed by atoms with Crippen molar-refractivity contribution in [1.29, 1.82) is 0 Å². The van der Waals surface area contributed by atoms with Gasteiger partial charge in [-0.1, -0.05) is 35.1 Å². The second-order valence-corrected chi connectivity index (χ2v) is 9.48. The van der Waals surface area contributed by atoms with Gasteiger partial charge in [-0.05, 0) is 25.0 Å². The molecule has 1 saturated heterocycles. The van der Waals surface area contributed by atoms with Crippen molar-refractivity contribution < 1.29 is 8.42 Å². The second kappa shape index (κ2) is 6.31. The van der Waals surface area contributed by atoms with Crippen LogP contribution in [0.5, 0.6) is 0 Å². The molecule has 4 rings (SSSR count). The van der Waals surface area contributed by atoms with E-state index in [1.807, 2.05) is 24.3 Å². The Morgan fingerprint density at radius 3 is 2.68 bits per heavy atom. The van der Waals surface area contributed by atoms with Crippen LogP contribution in [0.3, 0.4) is 0 Å². The Kier molecular flexibility index (Phi) is 4.27. The van der Waals surface area contributed by atoms with Crippen LogP contribution in [0.1, 0.15) is 24.6 Å². The highest BCUT2D eigenvalue weighted by Crippen LogP contribution is 2.32. The number of hydrogen-bond acceptors (Lipinski definition) is 6. The summed E-state index contributed by atoms with van der Waals surface area (Å²) < 4.78 is 26.6. The van der Waals surface area contributed by atoms with Gasteiger partial charge in [0, 0.05) is 29.6 Å². The van der Waals surface area contributed by atoms with Crippen LogP contribution < -0.4 is 0 Å². The van der Waals surface area contributed by atoms with Crippen molar-refractivity contribution in [2.45, 2.75) is 18.8 Å². The first-order chi connectivity index (χ1) is 11.9. The van der Waals surface area contributed by atoms with Crippen molar-refractivity contribution in [2.75, 3.05) is 19.3 Å². The average molecular weight is 398 g/mol. The van der Waals surface area contributed by atoms with Crippen LogP contribution in [-0.4, -0.2) is 51.9 Å². The predicted octanol–water partition coefficient (Wildman–Crippen LogP) is 2.65. The zero-order valence-electron chi connectivity index (χ0n) is 13.5. The molecule has 10 heteroatoms. The van der Waals surface area contributed by atoms with Crippen molar-refractivity contribution in [3.8, 4) is 10.6 Å². The molecular formula is C15H16ClN5O2S2. The molecule has 7 nitrogen and oxygen atoms in total. The summed E-state index contributed by atoms with van der Waals surface area (Å²) in [4.78, 5) is 0.732. The van der Waals surface area contributed by atoms with E-state index >= 15 is 0 Å². The lowest BCUT2D eigenvalue weighted by Gasteiger charge is -2.28. The van der Waals surface area contributed by atoms with Gasteiger partial charge in [0.05, 0.1) is 6.26 Å². The summed E-state index contributed by atoms with van der Waals surface area (Å²) in [6.07, 6.45) is 2.69. The van der Waals surface area contributed by atoms with Crippen LogP contribution in [0, 0.1) is 0 Å². The van der Waals surface area contributed by atoms with Gasteiger partial charge in [0.2, 0.25) is 15.0 Å². The molecule has 3 heterocycles. The first-order valence-corrected chi connectivity index (χ1v) is 10.9. The topological polar surface area (TPSA) is 80.5 Å². The van der Waals surface area contributed by atoms with Gasteiger partial charge in [-0.15, -0.1) is 10.2 Å². The molecule has 0 bridgehead atoms. The van der Waals surface area contributed by atoms with Gasteiger partial charge in [0.15, 0.2) is 5.82 Å². The van der Waals surface area contributed by atoms with E-state index in [0.29, 0.717) is 18.1 Å². The molecule has 0 amide bonds. The molecule has 3 aromatic rings. The lowest BCUT2D eigenvalue weighted by atomic mass is 9.97. The Balaban J connectivity index is 1.62. The third kappa shape index (κ3) is 3.29. The van der Waals surface area contributed by atoms with Crippen molar-refractivity contribution in [1.82, 2.24) is 24.1 Å². The highest BCUT2D eigenvalue weighted by Gasteiger charge is 2.29. The van der Waals surface area contributed by atoms with Crippen molar-refractivity contribution in [2.24, 2.45) is 0 Å². The maximum absolute atomic E-state index is 11.7. The lowest BCUT2D eigenvalue weighted by Crippen LogP contribution is -2.37. The van der Waals surface area contributed by atoms with Gasteiger partial charge >= 0.3 is 0 Å². The predicted molar refractivity (Wildman–Crippen MR) is 97.5 cm³/mol. The normalized spacial score (nSPS) is 17.4. The Labute approximate surface area is 154 Å². The maximum atomic E-state index is 11.7. The molecular weight excluding hydrogens is 382 g/mol. The minimum Gasteiger partial charge on any atom is -0.213 e. The van der Waals surface area contributed by atoms with Crippen LogP contribution >= 0.6 is 22.9 Å². The molecule has 1 aliphatic rings. The van der Waals surface area contributed by atoms with Crippen molar-refractivity contribution >= 4 is 37.9 Å². The smallest absolute Gasteiger partial charge is 0.213 e. The molecule has 0 spiro atoms. The Morgan fingerprint density at radius 2 is 2.00 bits per heavy atom. The number of nitrogens with zero attached hydrogens (tertiary/aromatic N) is 5. The lowest BCUT2D eigenvalue weighted by molar-refractivity contribution is 0.313. The Bertz CT molecular complexity index is 1020. The molecule has 1 aromatic carbocycles. The van der Waals surface area contributed by atoms with Crippen LogP contribution in [0.25, 0.3) is 15.5 Å². The number of halogens is 1. The van der Waals surface area contributed by atoms with Gasteiger partial charge < -0.3 is 0 Å². The van der Waals surface area contributed by atoms with E-state index in [4.69, 9.17) is 11.6 Å². The van der Waals surface area contributed by atoms with Gasteiger partial charge in [0.1, 0.15) is 5.01 Å². The molecule has 2 aromatic heterocycles. The molecule has 1 aliphatic heterocycles. The van der Waals surface area contributed by atoms with Crippen molar-refractivity contribution in [3.05, 3.63) is 35.1 Å². The van der Waals surface area contributed by atoms with E-state index < -0.39 is 10.0 Å². The van der Waals surface area contributed by atoms with E-state index in [1.54, 1.807) is 4.52 Å². The summed E-state index contributed by atoms with van der Waals surface area (Å²) >= 11 is 7.52. The first kappa shape index (κ1) is 16.9. The monoisotopic (exact) mass is 397 g/mol. The van der Waals surface area contributed by atoms with Crippen LogP contribution in [0.4, 0.5) is 0 Å². The number of fused-ring (bicyclic) bond motifs is 1. The minimum atomic E-state index is -3.13. The number of hydrogen-bond donors (Lipinski definition) is 0. The van der Waals surface area contributed by atoms with E-state index in [1.165, 1.54) is 21.9 Å². The number of benzene rings is 1. The van der Waals surface area contributed by atoms with E-state index in [-0.39, 0.29) is 5.92 Å². The SMILES string of the molecule is CS(=O)(=O)N1CCC(c2nnc3sc(-c4cccc(Cl)c4)nn23)CC1. The van der Waals surface area contributed by atoms with E-state index in [0.717, 1.165) is 34.2 Å². The highest BCUT2D eigenvalue weighted by molar-refractivity contribution is 7.88. The quantitative estimate of drug-likeness (QED) is 0.678. The molecule has 0 aliphatic carbocycles. The highest BCUT2D eigenvalue weighted by atomic mass is 35.5. The third-order valence-corrected chi connectivity index (χ3v) is 6.86. The van der Waals surface area contributed by atoms with E-state index in [9.17, 15) is 8.42 Å². The van der Waals surface area contributed by atoms with Gasteiger partial charge in [0.25, 0.3) is 0 Å². The molecule has 0 unspecified atom stereocenters. The number of aromatic nitrogens is 4. The zero-order chi connectivity index (χ0) is 17.6. The first-order valence-electron chi connectivity index (χ1n) is 7.85. The fraction of sp³-hybridized carbons (Fsp3) is 0.400. The standard InChI is InChI=1S/C15H16ClN5O2S2/c1-25(22,23)20-7-5-10(6-8-20)13-17-18-15-21(13)19-14(24-15)11-3-2-4-12(16)9-11/h2-4,9-10H,5-8H2,1H3. The summed E-state index contributed by atoms with van der Waals surface area (Å²) in [5, 5.41) is 14.7. The summed E-state index contributed by atoms with van der Waals surface area (Å²) in [6.45, 7) is 1.01. The molecule has 25 heavy (non-hydrogen) atoms. The summed E-state index contributed by atoms with van der Waals surface area (Å²) in [5.41, 5.74) is 0.945. The minimum absolute atomic E-state index is 0.155. The molecule has 0 N–H and O–H groups in total. The van der Waals surface area contributed by atoms with Crippen molar-refractivity contribution in [3.63, 3.8) is 0 Å². The summed E-state index contributed by atoms with van der Waals surface area (Å²) in [7, 11) is -3.13. The molecule has 0 atom stereocenters. The van der Waals surface area contributed by atoms with Gasteiger partial charge in [-0.2, -0.15) is 9.61 Å². The fourth-order valence-corrected chi connectivity index (χ4v) is 4.98. The summed E-state index contributed by atoms with van der Waals surface area (Å²) in [6, 6.07) is 7.55. The third-order valence-electron chi connectivity index (χ3n) is 4.37. The molecule has 132 valence electrons. The Morgan fingerprint density at radius 1 is 1.24 bits per heavy atom. The summed E-state index contributed by atoms with van der Waals surface area (Å²) in [5.74, 6) is 0.954.